The molecule has 0 saturated heterocycles. The molecule has 8 nitrogen and oxygen atoms in total. The molecule has 1 amide bonds. The van der Waals surface area contributed by atoms with Gasteiger partial charge in [0.1, 0.15) is 5.82 Å². The zero-order valence-electron chi connectivity index (χ0n) is 15.0. The van der Waals surface area contributed by atoms with Crippen molar-refractivity contribution in [2.45, 2.75) is 26.1 Å². The van der Waals surface area contributed by atoms with Crippen LogP contribution in [0.1, 0.15) is 17.8 Å². The minimum atomic E-state index is -0.517. The number of benzene rings is 1. The van der Waals surface area contributed by atoms with Gasteiger partial charge < -0.3 is 14.0 Å². The van der Waals surface area contributed by atoms with Crippen LogP contribution >= 0.6 is 0 Å². The van der Waals surface area contributed by atoms with Gasteiger partial charge in [-0.15, -0.1) is 0 Å². The van der Waals surface area contributed by atoms with Gasteiger partial charge in [0.05, 0.1) is 6.54 Å². The molecule has 1 N–H and O–H groups in total. The third-order valence-corrected chi connectivity index (χ3v) is 4.27. The Kier molecular flexibility index (Phi) is 5.65. The molecule has 3 aromatic rings. The lowest BCUT2D eigenvalue weighted by Gasteiger charge is -2.18. The van der Waals surface area contributed by atoms with Crippen molar-refractivity contribution in [3.05, 3.63) is 87.2 Å². The summed E-state index contributed by atoms with van der Waals surface area (Å²) in [7, 11) is 1.71. The van der Waals surface area contributed by atoms with Gasteiger partial charge in [-0.2, -0.15) is 0 Å². The van der Waals surface area contributed by atoms with Gasteiger partial charge in [-0.05, 0) is 5.56 Å². The van der Waals surface area contributed by atoms with Crippen molar-refractivity contribution in [1.82, 2.24) is 24.0 Å². The van der Waals surface area contributed by atoms with E-state index < -0.39 is 11.2 Å². The number of aromatic amines is 1. The highest BCUT2D eigenvalue weighted by Gasteiger charge is 2.13. The van der Waals surface area contributed by atoms with E-state index in [9.17, 15) is 14.4 Å². The predicted molar refractivity (Wildman–Crippen MR) is 100 cm³/mol. The zero-order valence-corrected chi connectivity index (χ0v) is 15.0. The molecule has 0 spiro atoms. The second-order valence-corrected chi connectivity index (χ2v) is 6.26. The maximum absolute atomic E-state index is 12.4. The molecule has 2 heterocycles. The second kappa shape index (κ2) is 8.31. The largest absolute Gasteiger partial charge is 0.338 e. The number of amides is 1. The van der Waals surface area contributed by atoms with E-state index in [0.29, 0.717) is 13.1 Å². The second-order valence-electron chi connectivity index (χ2n) is 6.26. The Morgan fingerprint density at radius 1 is 1.11 bits per heavy atom. The first-order chi connectivity index (χ1) is 13.0. The first kappa shape index (κ1) is 18.4. The van der Waals surface area contributed by atoms with Crippen molar-refractivity contribution in [2.24, 2.45) is 0 Å². The highest BCUT2D eigenvalue weighted by Crippen LogP contribution is 2.08. The molecule has 3 rings (SSSR count). The Bertz CT molecular complexity index is 1020. The summed E-state index contributed by atoms with van der Waals surface area (Å²) in [6.07, 6.45) is 5.15. The van der Waals surface area contributed by atoms with Gasteiger partial charge in [-0.25, -0.2) is 9.78 Å². The van der Waals surface area contributed by atoms with E-state index in [2.05, 4.69) is 9.97 Å². The molecule has 0 atom stereocenters. The highest BCUT2D eigenvalue weighted by atomic mass is 16.2. The number of imidazole rings is 1. The summed E-state index contributed by atoms with van der Waals surface area (Å²) in [5.74, 6) is 0.679. The van der Waals surface area contributed by atoms with Crippen LogP contribution < -0.4 is 11.2 Å². The van der Waals surface area contributed by atoms with Crippen LogP contribution in [0.2, 0.25) is 0 Å². The van der Waals surface area contributed by atoms with E-state index in [-0.39, 0.29) is 18.9 Å². The quantitative estimate of drug-likeness (QED) is 0.669. The number of rotatable bonds is 7. The van der Waals surface area contributed by atoms with Crippen LogP contribution in [0.15, 0.2) is 64.6 Å². The summed E-state index contributed by atoms with van der Waals surface area (Å²) >= 11 is 0. The molecule has 0 bridgehead atoms. The van der Waals surface area contributed by atoms with E-state index in [4.69, 9.17) is 0 Å². The van der Waals surface area contributed by atoms with Gasteiger partial charge >= 0.3 is 5.69 Å². The zero-order chi connectivity index (χ0) is 19.2. The van der Waals surface area contributed by atoms with E-state index in [1.165, 1.54) is 16.8 Å². The van der Waals surface area contributed by atoms with Crippen molar-refractivity contribution in [3.8, 4) is 0 Å². The number of hydrogen-bond acceptors (Lipinski definition) is 4. The molecule has 0 saturated carbocycles. The lowest BCUT2D eigenvalue weighted by molar-refractivity contribution is -0.130. The molecule has 1 aromatic carbocycles. The van der Waals surface area contributed by atoms with Gasteiger partial charge in [0.2, 0.25) is 5.91 Å². The topological polar surface area (TPSA) is 93.0 Å². The summed E-state index contributed by atoms with van der Waals surface area (Å²) < 4.78 is 3.31. The van der Waals surface area contributed by atoms with Crippen molar-refractivity contribution in [2.75, 3.05) is 7.05 Å². The fourth-order valence-corrected chi connectivity index (χ4v) is 2.74. The number of nitrogens with zero attached hydrogens (tertiary/aromatic N) is 4. The normalized spacial score (nSPS) is 10.7. The summed E-state index contributed by atoms with van der Waals surface area (Å²) in [6.45, 7) is 1.27. The van der Waals surface area contributed by atoms with Gasteiger partial charge in [-0.3, -0.25) is 14.6 Å². The fraction of sp³-hybridized carbons (Fsp3) is 0.263. The average Bonchev–Trinajstić information content (AvgIpc) is 3.08. The first-order valence-corrected chi connectivity index (χ1v) is 8.60. The molecule has 2 aromatic heterocycles. The third-order valence-electron chi connectivity index (χ3n) is 4.27. The molecule has 140 valence electrons. The van der Waals surface area contributed by atoms with Crippen molar-refractivity contribution in [1.29, 1.82) is 0 Å². The molecule has 0 aliphatic carbocycles. The Morgan fingerprint density at radius 2 is 1.89 bits per heavy atom. The number of carbonyl (C=O) groups excluding carboxylic acids is 1. The van der Waals surface area contributed by atoms with Gasteiger partial charge in [0, 0.05) is 51.2 Å². The summed E-state index contributed by atoms with van der Waals surface area (Å²) in [5, 5.41) is 0. The standard InChI is InChI=1S/C19H21N5O3/c1-22(18(26)8-11-23-10-7-17(25)21-19(23)27)14-16-20-9-12-24(16)13-15-5-3-2-4-6-15/h2-7,9-10,12H,8,11,13-14H2,1H3,(H,21,25,27). The monoisotopic (exact) mass is 367 g/mol. The highest BCUT2D eigenvalue weighted by molar-refractivity contribution is 5.75. The molecule has 0 radical (unpaired) electrons. The minimum Gasteiger partial charge on any atom is -0.338 e. The lowest BCUT2D eigenvalue weighted by Crippen LogP contribution is -2.32. The first-order valence-electron chi connectivity index (χ1n) is 8.60. The molecule has 8 heteroatoms. The van der Waals surface area contributed by atoms with Crippen molar-refractivity contribution in [3.63, 3.8) is 0 Å². The minimum absolute atomic E-state index is 0.109. The fourth-order valence-electron chi connectivity index (χ4n) is 2.74. The smallest absolute Gasteiger partial charge is 0.328 e. The average molecular weight is 367 g/mol. The summed E-state index contributed by atoms with van der Waals surface area (Å²) in [6, 6.07) is 11.3. The molecule has 0 aliphatic rings. The van der Waals surface area contributed by atoms with E-state index >= 15 is 0 Å². The number of aryl methyl sites for hydroxylation is 1. The molecule has 0 aliphatic heterocycles. The predicted octanol–water partition coefficient (Wildman–Crippen LogP) is 0.830. The molecule has 27 heavy (non-hydrogen) atoms. The van der Waals surface area contributed by atoms with E-state index in [0.717, 1.165) is 11.4 Å². The van der Waals surface area contributed by atoms with Gasteiger partial charge in [0.15, 0.2) is 0 Å². The Balaban J connectivity index is 1.59. The number of H-pyrrole nitrogens is 1. The Hall–Kier alpha value is -3.42. The SMILES string of the molecule is CN(Cc1nccn1Cc1ccccc1)C(=O)CCn1ccc(=O)[nH]c1=O. The van der Waals surface area contributed by atoms with Crippen LogP contribution in [-0.2, 0) is 24.4 Å². The summed E-state index contributed by atoms with van der Waals surface area (Å²) in [4.78, 5) is 43.2. The number of nitrogens with one attached hydrogen (secondary N) is 1. The molecular weight excluding hydrogens is 346 g/mol. The van der Waals surface area contributed by atoms with E-state index in [1.54, 1.807) is 18.1 Å². The Labute approximate surface area is 155 Å². The van der Waals surface area contributed by atoms with Gasteiger partial charge in [0.25, 0.3) is 5.56 Å². The van der Waals surface area contributed by atoms with Crippen LogP contribution in [0.4, 0.5) is 0 Å². The third kappa shape index (κ3) is 4.81. The number of hydrogen-bond donors (Lipinski definition) is 1. The maximum atomic E-state index is 12.4. The van der Waals surface area contributed by atoms with Crippen LogP contribution in [0, 0.1) is 0 Å². The Morgan fingerprint density at radius 3 is 2.63 bits per heavy atom. The molecule has 0 unspecified atom stereocenters. The molecule has 0 fully saturated rings. The maximum Gasteiger partial charge on any atom is 0.328 e. The van der Waals surface area contributed by atoms with Crippen LogP contribution in [0.3, 0.4) is 0 Å². The molecular formula is C19H21N5O3. The van der Waals surface area contributed by atoms with Crippen LogP contribution in [0.5, 0.6) is 0 Å². The van der Waals surface area contributed by atoms with Gasteiger partial charge in [-0.1, -0.05) is 30.3 Å². The van der Waals surface area contributed by atoms with Crippen molar-refractivity contribution >= 4 is 5.91 Å². The summed E-state index contributed by atoms with van der Waals surface area (Å²) in [5.41, 5.74) is 0.185. The van der Waals surface area contributed by atoms with Crippen molar-refractivity contribution < 1.29 is 4.79 Å². The van der Waals surface area contributed by atoms with Crippen LogP contribution in [-0.4, -0.2) is 37.0 Å². The van der Waals surface area contributed by atoms with Crippen LogP contribution in [0.25, 0.3) is 0 Å². The lowest BCUT2D eigenvalue weighted by atomic mass is 10.2. The van der Waals surface area contributed by atoms with E-state index in [1.807, 2.05) is 41.1 Å². The number of aromatic nitrogens is 4. The number of carbonyl (C=O) groups is 1.